The summed E-state index contributed by atoms with van der Waals surface area (Å²) < 4.78 is 5.21. The number of benzene rings is 3. The molecule has 0 spiro atoms. The number of amides is 1. The minimum atomic E-state index is -0.469. The van der Waals surface area contributed by atoms with Crippen molar-refractivity contribution in [2.24, 2.45) is 5.73 Å². The molecule has 0 radical (unpaired) electrons. The van der Waals surface area contributed by atoms with E-state index in [1.165, 1.54) is 0 Å². The van der Waals surface area contributed by atoms with Crippen molar-refractivity contribution in [3.05, 3.63) is 90.0 Å². The Kier molecular flexibility index (Phi) is 7.21. The van der Waals surface area contributed by atoms with Crippen LogP contribution in [0.2, 0.25) is 0 Å². The summed E-state index contributed by atoms with van der Waals surface area (Å²) in [6, 6.07) is 25.3. The van der Waals surface area contributed by atoms with Crippen molar-refractivity contribution in [2.75, 3.05) is 5.32 Å². The normalized spacial score (nSPS) is 9.88. The van der Waals surface area contributed by atoms with E-state index in [9.17, 15) is 4.79 Å². The van der Waals surface area contributed by atoms with Gasteiger partial charge in [0.1, 0.15) is 6.61 Å². The van der Waals surface area contributed by atoms with Crippen molar-refractivity contribution < 1.29 is 9.53 Å². The van der Waals surface area contributed by atoms with Crippen LogP contribution in [0.3, 0.4) is 0 Å². The summed E-state index contributed by atoms with van der Waals surface area (Å²) in [5.41, 5.74) is 10.5. The molecule has 26 heavy (non-hydrogen) atoms. The number of hydrogen-bond donors (Lipinski definition) is 2. The van der Waals surface area contributed by atoms with Gasteiger partial charge in [-0.1, -0.05) is 66.7 Å². The maximum atomic E-state index is 11.9. The minimum absolute atomic E-state index is 0. The number of nitrogens with two attached hydrogens (primary N) is 1. The van der Waals surface area contributed by atoms with Crippen molar-refractivity contribution in [2.45, 2.75) is 13.2 Å². The summed E-state index contributed by atoms with van der Waals surface area (Å²) >= 11 is 0. The zero-order valence-electron chi connectivity index (χ0n) is 14.2. The van der Waals surface area contributed by atoms with E-state index < -0.39 is 6.09 Å². The third kappa shape index (κ3) is 5.34. The summed E-state index contributed by atoms with van der Waals surface area (Å²) in [6.07, 6.45) is -0.469. The van der Waals surface area contributed by atoms with Gasteiger partial charge in [0.15, 0.2) is 0 Å². The Morgan fingerprint density at radius 1 is 0.808 bits per heavy atom. The second kappa shape index (κ2) is 9.61. The molecular formula is C21H21ClN2O2. The smallest absolute Gasteiger partial charge is 0.411 e. The Morgan fingerprint density at radius 2 is 1.38 bits per heavy atom. The van der Waals surface area contributed by atoms with Crippen LogP contribution in [0, 0.1) is 0 Å². The van der Waals surface area contributed by atoms with Gasteiger partial charge in [0.25, 0.3) is 0 Å². The molecule has 134 valence electrons. The van der Waals surface area contributed by atoms with Gasteiger partial charge in [-0.2, -0.15) is 0 Å². The van der Waals surface area contributed by atoms with Crippen LogP contribution in [0.4, 0.5) is 10.5 Å². The first-order valence-corrected chi connectivity index (χ1v) is 8.12. The molecule has 0 aliphatic carbocycles. The van der Waals surface area contributed by atoms with Crippen LogP contribution in [0.5, 0.6) is 0 Å². The van der Waals surface area contributed by atoms with Crippen LogP contribution >= 0.6 is 12.4 Å². The maximum Gasteiger partial charge on any atom is 0.411 e. The SMILES string of the molecule is Cl.NCc1ccc(-c2ccc(NC(=O)OCc3ccccc3)cc2)cc1. The fourth-order valence-electron chi connectivity index (χ4n) is 2.46. The van der Waals surface area contributed by atoms with Gasteiger partial charge in [-0.3, -0.25) is 5.32 Å². The highest BCUT2D eigenvalue weighted by atomic mass is 35.5. The average molecular weight is 369 g/mol. The summed E-state index contributed by atoms with van der Waals surface area (Å²) in [6.45, 7) is 0.784. The van der Waals surface area contributed by atoms with E-state index in [0.717, 1.165) is 22.3 Å². The molecule has 4 nitrogen and oxygen atoms in total. The number of rotatable bonds is 5. The average Bonchev–Trinajstić information content (AvgIpc) is 2.68. The number of ether oxygens (including phenoxy) is 1. The zero-order chi connectivity index (χ0) is 17.5. The fraction of sp³-hybridized carbons (Fsp3) is 0.0952. The van der Waals surface area contributed by atoms with E-state index in [2.05, 4.69) is 5.32 Å². The number of nitrogens with one attached hydrogen (secondary N) is 1. The summed E-state index contributed by atoms with van der Waals surface area (Å²) in [7, 11) is 0. The molecule has 3 rings (SSSR count). The van der Waals surface area contributed by atoms with Crippen LogP contribution < -0.4 is 11.1 Å². The van der Waals surface area contributed by atoms with Gasteiger partial charge in [-0.05, 0) is 34.4 Å². The highest BCUT2D eigenvalue weighted by Crippen LogP contribution is 2.22. The molecule has 1 amide bonds. The minimum Gasteiger partial charge on any atom is -0.444 e. The van der Waals surface area contributed by atoms with Crippen LogP contribution in [-0.2, 0) is 17.9 Å². The first kappa shape index (κ1) is 19.5. The fourth-order valence-corrected chi connectivity index (χ4v) is 2.46. The lowest BCUT2D eigenvalue weighted by Gasteiger charge is -2.08. The highest BCUT2D eigenvalue weighted by molar-refractivity contribution is 5.85. The molecule has 0 aliphatic heterocycles. The van der Waals surface area contributed by atoms with Crippen LogP contribution in [0.15, 0.2) is 78.9 Å². The van der Waals surface area contributed by atoms with Crippen molar-refractivity contribution in [1.29, 1.82) is 0 Å². The van der Waals surface area contributed by atoms with Gasteiger partial charge in [0.2, 0.25) is 0 Å². The molecule has 0 fully saturated rings. The predicted octanol–water partition coefficient (Wildman–Crippen LogP) is 4.98. The number of halogens is 1. The predicted molar refractivity (Wildman–Crippen MR) is 107 cm³/mol. The topological polar surface area (TPSA) is 64.3 Å². The lowest BCUT2D eigenvalue weighted by molar-refractivity contribution is 0.155. The Bertz CT molecular complexity index is 819. The van der Waals surface area contributed by atoms with E-state index in [1.54, 1.807) is 0 Å². The molecular weight excluding hydrogens is 348 g/mol. The molecule has 0 aromatic heterocycles. The Balaban J connectivity index is 0.00000243. The molecule has 0 aliphatic rings. The molecule has 0 heterocycles. The molecule has 0 bridgehead atoms. The van der Waals surface area contributed by atoms with Crippen molar-refractivity contribution in [3.63, 3.8) is 0 Å². The molecule has 0 atom stereocenters. The Morgan fingerprint density at radius 3 is 1.96 bits per heavy atom. The maximum absolute atomic E-state index is 11.9. The number of carbonyl (C=O) groups excluding carboxylic acids is 1. The first-order chi connectivity index (χ1) is 12.2. The van der Waals surface area contributed by atoms with Crippen LogP contribution in [0.25, 0.3) is 11.1 Å². The largest absolute Gasteiger partial charge is 0.444 e. The van der Waals surface area contributed by atoms with E-state index in [4.69, 9.17) is 10.5 Å². The van der Waals surface area contributed by atoms with Crippen molar-refractivity contribution in [3.8, 4) is 11.1 Å². The Labute approximate surface area is 159 Å². The van der Waals surface area contributed by atoms with Crippen LogP contribution in [-0.4, -0.2) is 6.09 Å². The van der Waals surface area contributed by atoms with Crippen LogP contribution in [0.1, 0.15) is 11.1 Å². The quantitative estimate of drug-likeness (QED) is 0.667. The number of hydrogen-bond acceptors (Lipinski definition) is 3. The van der Waals surface area contributed by atoms with Crippen molar-refractivity contribution in [1.82, 2.24) is 0 Å². The molecule has 3 aromatic carbocycles. The molecule has 0 saturated carbocycles. The van der Waals surface area contributed by atoms with Gasteiger partial charge in [0, 0.05) is 12.2 Å². The monoisotopic (exact) mass is 368 g/mol. The molecule has 3 aromatic rings. The van der Waals surface area contributed by atoms with Gasteiger partial charge >= 0.3 is 6.09 Å². The van der Waals surface area contributed by atoms with E-state index >= 15 is 0 Å². The summed E-state index contributed by atoms with van der Waals surface area (Å²) in [4.78, 5) is 11.9. The molecule has 3 N–H and O–H groups in total. The standard InChI is InChI=1S/C21H20N2O2.ClH/c22-14-16-6-8-18(9-7-16)19-10-12-20(13-11-19)23-21(24)25-15-17-4-2-1-3-5-17;/h1-13H,14-15,22H2,(H,23,24);1H. The summed E-state index contributed by atoms with van der Waals surface area (Å²) in [5.74, 6) is 0. The number of carbonyl (C=O) groups is 1. The van der Waals surface area contributed by atoms with Gasteiger partial charge < -0.3 is 10.5 Å². The zero-order valence-corrected chi connectivity index (χ0v) is 15.0. The lowest BCUT2D eigenvalue weighted by atomic mass is 10.0. The van der Waals surface area contributed by atoms with Gasteiger partial charge in [0.05, 0.1) is 0 Å². The van der Waals surface area contributed by atoms with Gasteiger partial charge in [-0.25, -0.2) is 4.79 Å². The van der Waals surface area contributed by atoms with E-state index in [1.807, 2.05) is 78.9 Å². The highest BCUT2D eigenvalue weighted by Gasteiger charge is 2.04. The lowest BCUT2D eigenvalue weighted by Crippen LogP contribution is -2.13. The second-order valence-corrected chi connectivity index (χ2v) is 5.67. The summed E-state index contributed by atoms with van der Waals surface area (Å²) in [5, 5.41) is 2.73. The second-order valence-electron chi connectivity index (χ2n) is 5.67. The van der Waals surface area contributed by atoms with E-state index in [0.29, 0.717) is 12.2 Å². The molecule has 5 heteroatoms. The van der Waals surface area contributed by atoms with Gasteiger partial charge in [-0.15, -0.1) is 12.4 Å². The molecule has 0 saturated heterocycles. The Hall–Kier alpha value is -2.82. The van der Waals surface area contributed by atoms with E-state index in [-0.39, 0.29) is 19.0 Å². The third-order valence-corrected chi connectivity index (χ3v) is 3.87. The third-order valence-electron chi connectivity index (χ3n) is 3.87. The number of anilines is 1. The first-order valence-electron chi connectivity index (χ1n) is 8.12. The van der Waals surface area contributed by atoms with Crippen molar-refractivity contribution >= 4 is 24.2 Å². The molecule has 0 unspecified atom stereocenters.